The zero-order chi connectivity index (χ0) is 14.7. The molecule has 1 fully saturated rings. The summed E-state index contributed by atoms with van der Waals surface area (Å²) in [5.41, 5.74) is 6.92. The van der Waals surface area contributed by atoms with E-state index in [0.717, 1.165) is 0 Å². The second-order valence-corrected chi connectivity index (χ2v) is 5.68. The maximum Gasteiger partial charge on any atom is 0.255 e. The first-order chi connectivity index (χ1) is 9.54. The summed E-state index contributed by atoms with van der Waals surface area (Å²) in [4.78, 5) is 25.8. The van der Waals surface area contributed by atoms with Gasteiger partial charge in [-0.2, -0.15) is 0 Å². The van der Waals surface area contributed by atoms with Gasteiger partial charge in [0.25, 0.3) is 5.91 Å². The molecule has 0 aromatic heterocycles. The van der Waals surface area contributed by atoms with Crippen LogP contribution in [-0.2, 0) is 4.79 Å². The van der Waals surface area contributed by atoms with Crippen molar-refractivity contribution in [2.24, 2.45) is 5.92 Å². The molecule has 1 aromatic carbocycles. The number of rotatable bonds is 2. The largest absolute Gasteiger partial charge is 0.398 e. The number of halogens is 1. The molecular formula is C14H18BrN3O2. The van der Waals surface area contributed by atoms with Gasteiger partial charge in [0.05, 0.1) is 10.0 Å². The van der Waals surface area contributed by atoms with Crippen LogP contribution in [0.1, 0.15) is 23.2 Å². The molecule has 0 spiro atoms. The smallest absolute Gasteiger partial charge is 0.255 e. The van der Waals surface area contributed by atoms with Crippen molar-refractivity contribution in [1.82, 2.24) is 10.2 Å². The molecule has 1 saturated heterocycles. The van der Waals surface area contributed by atoms with E-state index in [1.54, 1.807) is 30.1 Å². The molecule has 0 radical (unpaired) electrons. The molecule has 6 heteroatoms. The Labute approximate surface area is 126 Å². The lowest BCUT2D eigenvalue weighted by Crippen LogP contribution is -2.42. The summed E-state index contributed by atoms with van der Waals surface area (Å²) in [6, 6.07) is 5.27. The third-order valence-corrected chi connectivity index (χ3v) is 4.54. The highest BCUT2D eigenvalue weighted by molar-refractivity contribution is 9.10. The van der Waals surface area contributed by atoms with Gasteiger partial charge in [0.15, 0.2) is 0 Å². The van der Waals surface area contributed by atoms with Gasteiger partial charge in [0.1, 0.15) is 0 Å². The molecule has 0 unspecified atom stereocenters. The molecule has 1 heterocycles. The number of piperidine rings is 1. The number of carbonyl (C=O) groups excluding carboxylic acids is 2. The zero-order valence-corrected chi connectivity index (χ0v) is 12.9. The second kappa shape index (κ2) is 6.26. The van der Waals surface area contributed by atoms with Gasteiger partial charge in [0.2, 0.25) is 5.91 Å². The Morgan fingerprint density at radius 1 is 1.35 bits per heavy atom. The Morgan fingerprint density at radius 3 is 2.60 bits per heavy atom. The number of nitrogens with two attached hydrogens (primary N) is 1. The molecule has 2 rings (SSSR count). The number of nitrogens with one attached hydrogen (secondary N) is 1. The van der Waals surface area contributed by atoms with Gasteiger partial charge in [-0.3, -0.25) is 9.59 Å². The molecule has 108 valence electrons. The lowest BCUT2D eigenvalue weighted by molar-refractivity contribution is -0.125. The van der Waals surface area contributed by atoms with E-state index in [-0.39, 0.29) is 17.7 Å². The average molecular weight is 340 g/mol. The Morgan fingerprint density at radius 2 is 2.00 bits per heavy atom. The molecule has 1 aliphatic heterocycles. The molecule has 2 amide bonds. The van der Waals surface area contributed by atoms with Crippen LogP contribution in [0.4, 0.5) is 5.69 Å². The minimum absolute atomic E-state index is 0.00772. The number of hydrogen-bond acceptors (Lipinski definition) is 3. The van der Waals surface area contributed by atoms with Gasteiger partial charge >= 0.3 is 0 Å². The molecule has 1 aromatic rings. The van der Waals surface area contributed by atoms with Crippen molar-refractivity contribution in [2.45, 2.75) is 12.8 Å². The van der Waals surface area contributed by atoms with Crippen LogP contribution in [0.2, 0.25) is 0 Å². The summed E-state index contributed by atoms with van der Waals surface area (Å²) >= 11 is 3.36. The Kier molecular flexibility index (Phi) is 4.65. The van der Waals surface area contributed by atoms with Crippen LogP contribution in [0.15, 0.2) is 22.7 Å². The first-order valence-electron chi connectivity index (χ1n) is 6.59. The number of benzene rings is 1. The highest BCUT2D eigenvalue weighted by Crippen LogP contribution is 2.26. The lowest BCUT2D eigenvalue weighted by atomic mass is 9.95. The summed E-state index contributed by atoms with van der Waals surface area (Å²) < 4.78 is 0.637. The monoisotopic (exact) mass is 339 g/mol. The van der Waals surface area contributed by atoms with Crippen LogP contribution in [0.25, 0.3) is 0 Å². The van der Waals surface area contributed by atoms with Gasteiger partial charge in [0, 0.05) is 31.7 Å². The molecule has 3 N–H and O–H groups in total. The minimum Gasteiger partial charge on any atom is -0.398 e. The Balaban J connectivity index is 2.05. The predicted molar refractivity (Wildman–Crippen MR) is 81.2 cm³/mol. The van der Waals surface area contributed by atoms with Crippen LogP contribution in [-0.4, -0.2) is 36.9 Å². The summed E-state index contributed by atoms with van der Waals surface area (Å²) in [6.45, 7) is 1.19. The summed E-state index contributed by atoms with van der Waals surface area (Å²) in [5, 5.41) is 2.66. The normalized spacial score (nSPS) is 16.0. The van der Waals surface area contributed by atoms with Gasteiger partial charge in [-0.05, 0) is 40.9 Å². The van der Waals surface area contributed by atoms with Crippen LogP contribution in [0, 0.1) is 5.92 Å². The van der Waals surface area contributed by atoms with Gasteiger partial charge < -0.3 is 16.0 Å². The second-order valence-electron chi connectivity index (χ2n) is 4.89. The summed E-state index contributed by atoms with van der Waals surface area (Å²) in [7, 11) is 1.64. The fourth-order valence-corrected chi connectivity index (χ4v) is 2.87. The number of nitrogens with zero attached hydrogens (tertiary/aromatic N) is 1. The number of anilines is 1. The molecule has 1 aliphatic rings. The van der Waals surface area contributed by atoms with E-state index in [9.17, 15) is 9.59 Å². The third-order valence-electron chi connectivity index (χ3n) is 3.66. The predicted octanol–water partition coefficient (Wildman–Crippen LogP) is 1.63. The number of amides is 2. The quantitative estimate of drug-likeness (QED) is 0.804. The molecule has 0 atom stereocenters. The van der Waals surface area contributed by atoms with Crippen molar-refractivity contribution in [3.8, 4) is 0 Å². The van der Waals surface area contributed by atoms with Gasteiger partial charge in [-0.1, -0.05) is 6.07 Å². The van der Waals surface area contributed by atoms with Crippen molar-refractivity contribution in [3.63, 3.8) is 0 Å². The summed E-state index contributed by atoms with van der Waals surface area (Å²) in [6.07, 6.45) is 1.40. The number of carbonyl (C=O) groups is 2. The van der Waals surface area contributed by atoms with Crippen molar-refractivity contribution in [1.29, 1.82) is 0 Å². The lowest BCUT2D eigenvalue weighted by Gasteiger charge is -2.31. The fraction of sp³-hybridized carbons (Fsp3) is 0.429. The van der Waals surface area contributed by atoms with Crippen molar-refractivity contribution in [3.05, 3.63) is 28.2 Å². The van der Waals surface area contributed by atoms with E-state index >= 15 is 0 Å². The first kappa shape index (κ1) is 14.8. The van der Waals surface area contributed by atoms with Crippen LogP contribution in [0.3, 0.4) is 0 Å². The molecular weight excluding hydrogens is 322 g/mol. The number of nitrogen functional groups attached to an aromatic ring is 1. The number of hydrogen-bond donors (Lipinski definition) is 2. The number of likely N-dealkylation sites (tertiary alicyclic amines) is 1. The van der Waals surface area contributed by atoms with Crippen molar-refractivity contribution in [2.75, 3.05) is 25.9 Å². The molecule has 0 bridgehead atoms. The van der Waals surface area contributed by atoms with Crippen LogP contribution >= 0.6 is 15.9 Å². The SMILES string of the molecule is CNC(=O)C1CCN(C(=O)c2cccc(N)c2Br)CC1. The third kappa shape index (κ3) is 2.95. The maximum absolute atomic E-state index is 12.5. The highest BCUT2D eigenvalue weighted by Gasteiger charge is 2.28. The first-order valence-corrected chi connectivity index (χ1v) is 7.38. The molecule has 0 aliphatic carbocycles. The topological polar surface area (TPSA) is 75.4 Å². The maximum atomic E-state index is 12.5. The Hall–Kier alpha value is -1.56. The average Bonchev–Trinajstić information content (AvgIpc) is 2.48. The molecule has 0 saturated carbocycles. The summed E-state index contributed by atoms with van der Waals surface area (Å²) in [5.74, 6) is 0.0232. The van der Waals surface area contributed by atoms with E-state index in [2.05, 4.69) is 21.2 Å². The highest BCUT2D eigenvalue weighted by atomic mass is 79.9. The Bertz CT molecular complexity index is 525. The van der Waals surface area contributed by atoms with Crippen molar-refractivity contribution >= 4 is 33.4 Å². The fourth-order valence-electron chi connectivity index (χ4n) is 2.43. The van der Waals surface area contributed by atoms with E-state index in [4.69, 9.17) is 5.73 Å². The van der Waals surface area contributed by atoms with Crippen LogP contribution < -0.4 is 11.1 Å². The molecule has 5 nitrogen and oxygen atoms in total. The van der Waals surface area contributed by atoms with Gasteiger partial charge in [-0.15, -0.1) is 0 Å². The van der Waals surface area contributed by atoms with Crippen LogP contribution in [0.5, 0.6) is 0 Å². The minimum atomic E-state index is -0.0421. The zero-order valence-electron chi connectivity index (χ0n) is 11.4. The van der Waals surface area contributed by atoms with E-state index < -0.39 is 0 Å². The van der Waals surface area contributed by atoms with E-state index in [1.165, 1.54) is 0 Å². The van der Waals surface area contributed by atoms with E-state index in [0.29, 0.717) is 41.7 Å². The molecule has 20 heavy (non-hydrogen) atoms. The van der Waals surface area contributed by atoms with Crippen molar-refractivity contribution < 1.29 is 9.59 Å². The standard InChI is InChI=1S/C14H18BrN3O2/c1-17-13(19)9-5-7-18(8-6-9)14(20)10-3-2-4-11(16)12(10)15/h2-4,9H,5-8,16H2,1H3,(H,17,19). The van der Waals surface area contributed by atoms with E-state index in [1.807, 2.05) is 0 Å². The van der Waals surface area contributed by atoms with Gasteiger partial charge in [-0.25, -0.2) is 0 Å².